The van der Waals surface area contributed by atoms with Crippen LogP contribution in [0.2, 0.25) is 5.02 Å². The minimum Gasteiger partial charge on any atom is -0.452 e. The fraction of sp³-hybridized carbons (Fsp3) is 0.118. The summed E-state index contributed by atoms with van der Waals surface area (Å²) < 4.78 is 10.6. The van der Waals surface area contributed by atoms with Crippen molar-refractivity contribution in [2.75, 3.05) is 0 Å². The van der Waals surface area contributed by atoms with Gasteiger partial charge in [0, 0.05) is 11.6 Å². The summed E-state index contributed by atoms with van der Waals surface area (Å²) in [5, 5.41) is 19.1. The fourth-order valence-corrected chi connectivity index (χ4v) is 2.52. The van der Waals surface area contributed by atoms with Crippen LogP contribution in [0.5, 0.6) is 0 Å². The van der Waals surface area contributed by atoms with Crippen molar-refractivity contribution in [1.82, 2.24) is 10.2 Å². The van der Waals surface area contributed by atoms with Crippen LogP contribution in [0.1, 0.15) is 21.8 Å². The molecule has 8 nitrogen and oxygen atoms in total. The minimum atomic E-state index is -0.719. The molecule has 0 bridgehead atoms. The van der Waals surface area contributed by atoms with E-state index in [0.29, 0.717) is 10.6 Å². The summed E-state index contributed by atoms with van der Waals surface area (Å²) in [5.74, 6) is -0.437. The molecule has 0 saturated heterocycles. The van der Waals surface area contributed by atoms with Crippen molar-refractivity contribution < 1.29 is 18.9 Å². The van der Waals surface area contributed by atoms with Gasteiger partial charge in [-0.2, -0.15) is 0 Å². The Kier molecular flexibility index (Phi) is 4.94. The molecule has 2 aromatic carbocycles. The number of hydrogen-bond acceptors (Lipinski definition) is 7. The van der Waals surface area contributed by atoms with Crippen LogP contribution in [-0.4, -0.2) is 21.1 Å². The Bertz CT molecular complexity index is 986. The van der Waals surface area contributed by atoms with Gasteiger partial charge in [0.25, 0.3) is 11.6 Å². The molecule has 0 unspecified atom stereocenters. The maximum absolute atomic E-state index is 12.2. The highest BCUT2D eigenvalue weighted by molar-refractivity contribution is 6.33. The van der Waals surface area contributed by atoms with Gasteiger partial charge in [-0.05, 0) is 25.1 Å². The molecule has 0 aliphatic rings. The molecule has 0 atom stereocenters. The van der Waals surface area contributed by atoms with Crippen LogP contribution >= 0.6 is 11.6 Å². The second-order valence-corrected chi connectivity index (χ2v) is 5.67. The number of nitro groups is 1. The van der Waals surface area contributed by atoms with E-state index in [-0.39, 0.29) is 35.2 Å². The lowest BCUT2D eigenvalue weighted by atomic mass is 10.1. The summed E-state index contributed by atoms with van der Waals surface area (Å²) in [6.07, 6.45) is 0. The van der Waals surface area contributed by atoms with Crippen LogP contribution in [-0.2, 0) is 11.3 Å². The summed E-state index contributed by atoms with van der Waals surface area (Å²) >= 11 is 6.07. The SMILES string of the molecule is Cc1c(C(=O)OCc2nnc(-c3ccccc3Cl)o2)cccc1[N+](=O)[O-]. The average Bonchev–Trinajstić information content (AvgIpc) is 3.08. The summed E-state index contributed by atoms with van der Waals surface area (Å²) in [5.41, 5.74) is 0.738. The Morgan fingerprint density at radius 2 is 2.00 bits per heavy atom. The zero-order chi connectivity index (χ0) is 18.7. The zero-order valence-electron chi connectivity index (χ0n) is 13.5. The lowest BCUT2D eigenvalue weighted by molar-refractivity contribution is -0.385. The quantitative estimate of drug-likeness (QED) is 0.378. The molecule has 1 aromatic heterocycles. The van der Waals surface area contributed by atoms with Crippen LogP contribution in [0.15, 0.2) is 46.9 Å². The second-order valence-electron chi connectivity index (χ2n) is 5.26. The maximum Gasteiger partial charge on any atom is 0.339 e. The number of nitrogens with zero attached hydrogens (tertiary/aromatic N) is 3. The number of benzene rings is 2. The fourth-order valence-electron chi connectivity index (χ4n) is 2.30. The highest BCUT2D eigenvalue weighted by Crippen LogP contribution is 2.26. The lowest BCUT2D eigenvalue weighted by Crippen LogP contribution is -2.08. The standard InChI is InChI=1S/C17H12ClN3O5/c1-10-11(6-4-8-14(10)21(23)24)17(22)25-9-15-19-20-16(26-15)12-5-2-3-7-13(12)18/h2-8H,9H2,1H3. The average molecular weight is 374 g/mol. The Morgan fingerprint density at radius 1 is 1.23 bits per heavy atom. The number of rotatable bonds is 5. The van der Waals surface area contributed by atoms with E-state index in [1.54, 1.807) is 24.3 Å². The second kappa shape index (κ2) is 7.32. The zero-order valence-corrected chi connectivity index (χ0v) is 14.3. The lowest BCUT2D eigenvalue weighted by Gasteiger charge is -2.05. The molecule has 132 valence electrons. The van der Waals surface area contributed by atoms with Gasteiger partial charge in [-0.15, -0.1) is 10.2 Å². The van der Waals surface area contributed by atoms with Gasteiger partial charge in [0.05, 0.1) is 21.1 Å². The first-order valence-corrected chi connectivity index (χ1v) is 7.83. The highest BCUT2D eigenvalue weighted by Gasteiger charge is 2.20. The molecule has 0 fully saturated rings. The van der Waals surface area contributed by atoms with Gasteiger partial charge in [0.15, 0.2) is 6.61 Å². The molecule has 0 aliphatic carbocycles. The van der Waals surface area contributed by atoms with Crippen LogP contribution in [0, 0.1) is 17.0 Å². The molecule has 0 amide bonds. The number of halogens is 1. The molecule has 1 heterocycles. The van der Waals surface area contributed by atoms with E-state index in [9.17, 15) is 14.9 Å². The van der Waals surface area contributed by atoms with Crippen molar-refractivity contribution in [3.8, 4) is 11.5 Å². The van der Waals surface area contributed by atoms with Crippen molar-refractivity contribution >= 4 is 23.3 Å². The number of hydrogen-bond donors (Lipinski definition) is 0. The molecule has 3 rings (SSSR count). The molecule has 9 heteroatoms. The summed E-state index contributed by atoms with van der Waals surface area (Å²) in [7, 11) is 0. The number of nitro benzene ring substituents is 1. The smallest absolute Gasteiger partial charge is 0.339 e. The van der Waals surface area contributed by atoms with Crippen LogP contribution in [0.25, 0.3) is 11.5 Å². The van der Waals surface area contributed by atoms with E-state index in [1.165, 1.54) is 25.1 Å². The summed E-state index contributed by atoms with van der Waals surface area (Å²) in [6.45, 7) is 1.22. The molecular weight excluding hydrogens is 362 g/mol. The Hall–Kier alpha value is -3.26. The minimum absolute atomic E-state index is 0.0800. The Balaban J connectivity index is 1.72. The molecule has 0 aliphatic heterocycles. The number of carbonyl (C=O) groups is 1. The van der Waals surface area contributed by atoms with Crippen molar-refractivity contribution in [3.05, 3.63) is 74.6 Å². The number of carbonyl (C=O) groups excluding carboxylic acids is 1. The number of aromatic nitrogens is 2. The van der Waals surface area contributed by atoms with E-state index >= 15 is 0 Å². The summed E-state index contributed by atoms with van der Waals surface area (Å²) in [4.78, 5) is 22.6. The van der Waals surface area contributed by atoms with Crippen LogP contribution in [0.4, 0.5) is 5.69 Å². The Labute approximate surface area is 152 Å². The maximum atomic E-state index is 12.2. The predicted molar refractivity (Wildman–Crippen MR) is 91.7 cm³/mol. The first-order chi connectivity index (χ1) is 12.5. The molecule has 3 aromatic rings. The first-order valence-electron chi connectivity index (χ1n) is 7.46. The highest BCUT2D eigenvalue weighted by atomic mass is 35.5. The van der Waals surface area contributed by atoms with Gasteiger partial charge in [-0.25, -0.2) is 4.79 Å². The number of ether oxygens (including phenoxy) is 1. The molecule has 0 saturated carbocycles. The van der Waals surface area contributed by atoms with Crippen LogP contribution < -0.4 is 0 Å². The van der Waals surface area contributed by atoms with Crippen LogP contribution in [0.3, 0.4) is 0 Å². The van der Waals surface area contributed by atoms with E-state index in [1.807, 2.05) is 0 Å². The van der Waals surface area contributed by atoms with Gasteiger partial charge >= 0.3 is 5.97 Å². The summed E-state index contributed by atoms with van der Waals surface area (Å²) in [6, 6.07) is 11.1. The third kappa shape index (κ3) is 3.55. The predicted octanol–water partition coefficient (Wildman–Crippen LogP) is 3.96. The van der Waals surface area contributed by atoms with Gasteiger partial charge < -0.3 is 9.15 Å². The van der Waals surface area contributed by atoms with Gasteiger partial charge in [0.2, 0.25) is 5.89 Å². The van der Waals surface area contributed by atoms with E-state index in [2.05, 4.69) is 10.2 Å². The molecule has 26 heavy (non-hydrogen) atoms. The van der Waals surface area contributed by atoms with Gasteiger partial charge in [-0.3, -0.25) is 10.1 Å². The van der Waals surface area contributed by atoms with E-state index < -0.39 is 10.9 Å². The van der Waals surface area contributed by atoms with E-state index in [0.717, 1.165) is 0 Å². The molecule has 0 spiro atoms. The van der Waals surface area contributed by atoms with E-state index in [4.69, 9.17) is 20.8 Å². The van der Waals surface area contributed by atoms with Crippen molar-refractivity contribution in [1.29, 1.82) is 0 Å². The molecule has 0 N–H and O–H groups in total. The third-order valence-corrected chi connectivity index (χ3v) is 3.95. The van der Waals surface area contributed by atoms with Crippen molar-refractivity contribution in [2.24, 2.45) is 0 Å². The first kappa shape index (κ1) is 17.6. The van der Waals surface area contributed by atoms with Crippen molar-refractivity contribution in [2.45, 2.75) is 13.5 Å². The third-order valence-electron chi connectivity index (χ3n) is 3.62. The largest absolute Gasteiger partial charge is 0.452 e. The Morgan fingerprint density at radius 3 is 2.73 bits per heavy atom. The monoisotopic (exact) mass is 373 g/mol. The normalized spacial score (nSPS) is 10.5. The van der Waals surface area contributed by atoms with Gasteiger partial charge in [0.1, 0.15) is 0 Å². The topological polar surface area (TPSA) is 108 Å². The molecule has 0 radical (unpaired) electrons. The van der Waals surface area contributed by atoms with Gasteiger partial charge in [-0.1, -0.05) is 29.8 Å². The molecular formula is C17H12ClN3O5. The van der Waals surface area contributed by atoms with Crippen molar-refractivity contribution in [3.63, 3.8) is 0 Å². The number of esters is 1.